The maximum atomic E-state index is 11.8. The van der Waals surface area contributed by atoms with Gasteiger partial charge in [0.1, 0.15) is 5.75 Å². The first-order valence-electron chi connectivity index (χ1n) is 7.76. The maximum absolute atomic E-state index is 11.8. The van der Waals surface area contributed by atoms with Crippen LogP contribution in [0.5, 0.6) is 5.75 Å². The third kappa shape index (κ3) is 4.62. The first-order chi connectivity index (χ1) is 11.7. The van der Waals surface area contributed by atoms with Crippen molar-refractivity contribution in [3.63, 3.8) is 0 Å². The van der Waals surface area contributed by atoms with Crippen LogP contribution in [-0.2, 0) is 4.79 Å². The van der Waals surface area contributed by atoms with E-state index in [9.17, 15) is 4.79 Å². The molecule has 1 atom stereocenters. The van der Waals surface area contributed by atoms with Gasteiger partial charge in [-0.05, 0) is 23.8 Å². The zero-order chi connectivity index (χ0) is 16.9. The molecule has 25 heavy (non-hydrogen) atoms. The van der Waals surface area contributed by atoms with E-state index in [0.29, 0.717) is 24.7 Å². The SMILES string of the molecule is COc1ccccc1NC(N)=NCC1CC(=O)Nc2ccccc21.I. The molecule has 3 rings (SSSR count). The van der Waals surface area contributed by atoms with Crippen molar-refractivity contribution in [3.8, 4) is 5.75 Å². The lowest BCUT2D eigenvalue weighted by Gasteiger charge is -2.24. The van der Waals surface area contributed by atoms with Crippen LogP contribution in [0.1, 0.15) is 17.9 Å². The molecule has 0 saturated carbocycles. The van der Waals surface area contributed by atoms with Gasteiger partial charge in [-0.3, -0.25) is 9.79 Å². The molecule has 0 saturated heterocycles. The number of amides is 1. The molecular formula is C18H21IN4O2. The predicted molar refractivity (Wildman–Crippen MR) is 111 cm³/mol. The number of methoxy groups -OCH3 is 1. The van der Waals surface area contributed by atoms with Crippen LogP contribution in [0.25, 0.3) is 0 Å². The van der Waals surface area contributed by atoms with E-state index in [-0.39, 0.29) is 35.8 Å². The number of fused-ring (bicyclic) bond motifs is 1. The van der Waals surface area contributed by atoms with Crippen molar-refractivity contribution in [2.75, 3.05) is 24.3 Å². The molecule has 1 heterocycles. The molecule has 1 unspecified atom stereocenters. The number of nitrogens with zero attached hydrogens (tertiary/aromatic N) is 1. The van der Waals surface area contributed by atoms with Crippen molar-refractivity contribution in [2.45, 2.75) is 12.3 Å². The molecule has 1 aliphatic rings. The van der Waals surface area contributed by atoms with Crippen LogP contribution in [0, 0.1) is 0 Å². The second-order valence-electron chi connectivity index (χ2n) is 5.59. The number of carbonyl (C=O) groups excluding carboxylic acids is 1. The van der Waals surface area contributed by atoms with Gasteiger partial charge < -0.3 is 21.1 Å². The lowest BCUT2D eigenvalue weighted by atomic mass is 9.91. The van der Waals surface area contributed by atoms with Gasteiger partial charge in [0.15, 0.2) is 5.96 Å². The normalized spacial score (nSPS) is 16.3. The molecule has 6 nitrogen and oxygen atoms in total. The molecule has 132 valence electrons. The van der Waals surface area contributed by atoms with Crippen LogP contribution in [0.15, 0.2) is 53.5 Å². The minimum absolute atomic E-state index is 0. The third-order valence-electron chi connectivity index (χ3n) is 3.96. The predicted octanol–water partition coefficient (Wildman–Crippen LogP) is 3.17. The smallest absolute Gasteiger partial charge is 0.225 e. The number of anilines is 2. The Hall–Kier alpha value is -2.29. The summed E-state index contributed by atoms with van der Waals surface area (Å²) in [5.41, 5.74) is 8.68. The van der Waals surface area contributed by atoms with Crippen LogP contribution in [0.4, 0.5) is 11.4 Å². The van der Waals surface area contributed by atoms with Crippen molar-refractivity contribution >= 4 is 47.2 Å². The highest BCUT2D eigenvalue weighted by Crippen LogP contribution is 2.32. The van der Waals surface area contributed by atoms with Crippen LogP contribution < -0.4 is 21.1 Å². The van der Waals surface area contributed by atoms with Crippen molar-refractivity contribution in [2.24, 2.45) is 10.7 Å². The van der Waals surface area contributed by atoms with Crippen molar-refractivity contribution in [1.29, 1.82) is 0 Å². The Bertz CT molecular complexity index is 779. The minimum Gasteiger partial charge on any atom is -0.495 e. The number of halogens is 1. The van der Waals surface area contributed by atoms with Crippen LogP contribution >= 0.6 is 24.0 Å². The number of rotatable bonds is 4. The summed E-state index contributed by atoms with van der Waals surface area (Å²) < 4.78 is 5.28. The zero-order valence-corrected chi connectivity index (χ0v) is 16.2. The Morgan fingerprint density at radius 2 is 2.00 bits per heavy atom. The monoisotopic (exact) mass is 452 g/mol. The Balaban J connectivity index is 0.00000225. The highest BCUT2D eigenvalue weighted by Gasteiger charge is 2.24. The summed E-state index contributed by atoms with van der Waals surface area (Å²) in [5.74, 6) is 1.01. The Morgan fingerprint density at radius 3 is 2.80 bits per heavy atom. The zero-order valence-electron chi connectivity index (χ0n) is 13.9. The molecular weight excluding hydrogens is 431 g/mol. The molecule has 1 aliphatic heterocycles. The second-order valence-corrected chi connectivity index (χ2v) is 5.59. The molecule has 0 fully saturated rings. The lowest BCUT2D eigenvalue weighted by Crippen LogP contribution is -2.27. The number of ether oxygens (including phenoxy) is 1. The molecule has 0 spiro atoms. The van der Waals surface area contributed by atoms with Crippen LogP contribution in [0.3, 0.4) is 0 Å². The van der Waals surface area contributed by atoms with Gasteiger partial charge in [0.05, 0.1) is 19.3 Å². The Labute approximate surface area is 163 Å². The van der Waals surface area contributed by atoms with Crippen LogP contribution in [0.2, 0.25) is 0 Å². The number of nitrogens with two attached hydrogens (primary N) is 1. The van der Waals surface area contributed by atoms with Gasteiger partial charge in [-0.25, -0.2) is 0 Å². The number of nitrogens with one attached hydrogen (secondary N) is 2. The first-order valence-corrected chi connectivity index (χ1v) is 7.76. The number of guanidine groups is 1. The standard InChI is InChI=1S/C18H20N4O2.HI/c1-24-16-9-5-4-8-15(16)22-18(19)20-11-12-10-17(23)21-14-7-3-2-6-13(12)14;/h2-9,12H,10-11H2,1H3,(H,21,23)(H3,19,20,22);1H. The first kappa shape index (κ1) is 19.0. The average Bonchev–Trinajstić information content (AvgIpc) is 2.60. The Morgan fingerprint density at radius 1 is 1.28 bits per heavy atom. The van der Waals surface area contributed by atoms with Gasteiger partial charge in [-0.2, -0.15) is 0 Å². The largest absolute Gasteiger partial charge is 0.495 e. The average molecular weight is 452 g/mol. The molecule has 0 bridgehead atoms. The van der Waals surface area contributed by atoms with Gasteiger partial charge >= 0.3 is 0 Å². The quantitative estimate of drug-likeness (QED) is 0.378. The number of carbonyl (C=O) groups is 1. The minimum atomic E-state index is 0. The summed E-state index contributed by atoms with van der Waals surface area (Å²) in [4.78, 5) is 16.2. The van der Waals surface area contributed by atoms with E-state index in [1.165, 1.54) is 0 Å². The van der Waals surface area contributed by atoms with Gasteiger partial charge in [0.25, 0.3) is 0 Å². The fourth-order valence-electron chi connectivity index (χ4n) is 2.80. The Kier molecular flexibility index (Phi) is 6.63. The van der Waals surface area contributed by atoms with Crippen molar-refractivity contribution in [1.82, 2.24) is 0 Å². The number of benzene rings is 2. The third-order valence-corrected chi connectivity index (χ3v) is 3.96. The molecule has 2 aromatic rings. The molecule has 0 aliphatic carbocycles. The molecule has 1 amide bonds. The number of hydrogen-bond donors (Lipinski definition) is 3. The summed E-state index contributed by atoms with van der Waals surface area (Å²) in [6.45, 7) is 0.443. The van der Waals surface area contributed by atoms with Crippen molar-refractivity contribution in [3.05, 3.63) is 54.1 Å². The van der Waals surface area contributed by atoms with Crippen LogP contribution in [-0.4, -0.2) is 25.5 Å². The van der Waals surface area contributed by atoms with Gasteiger partial charge in [0, 0.05) is 18.0 Å². The fraction of sp³-hybridized carbons (Fsp3) is 0.222. The molecule has 7 heteroatoms. The van der Waals surface area contributed by atoms with E-state index in [1.54, 1.807) is 7.11 Å². The maximum Gasteiger partial charge on any atom is 0.225 e. The van der Waals surface area contributed by atoms with E-state index in [4.69, 9.17) is 10.5 Å². The highest BCUT2D eigenvalue weighted by molar-refractivity contribution is 14.0. The molecule has 4 N–H and O–H groups in total. The summed E-state index contributed by atoms with van der Waals surface area (Å²) in [6, 6.07) is 15.3. The fourth-order valence-corrected chi connectivity index (χ4v) is 2.80. The topological polar surface area (TPSA) is 88.7 Å². The number of hydrogen-bond acceptors (Lipinski definition) is 3. The molecule has 0 radical (unpaired) electrons. The number of aliphatic imine (C=N–C) groups is 1. The highest BCUT2D eigenvalue weighted by atomic mass is 127. The summed E-state index contributed by atoms with van der Waals surface area (Å²) in [5, 5.41) is 5.92. The summed E-state index contributed by atoms with van der Waals surface area (Å²) in [6.07, 6.45) is 0.405. The van der Waals surface area contributed by atoms with Gasteiger partial charge in [0.2, 0.25) is 5.91 Å². The van der Waals surface area contributed by atoms with E-state index in [0.717, 1.165) is 16.9 Å². The second kappa shape index (κ2) is 8.70. The van der Waals surface area contributed by atoms with Gasteiger partial charge in [-0.15, -0.1) is 24.0 Å². The number of para-hydroxylation sites is 3. The van der Waals surface area contributed by atoms with E-state index >= 15 is 0 Å². The lowest BCUT2D eigenvalue weighted by molar-refractivity contribution is -0.116. The summed E-state index contributed by atoms with van der Waals surface area (Å²) >= 11 is 0. The van der Waals surface area contributed by atoms with Gasteiger partial charge in [-0.1, -0.05) is 30.3 Å². The molecule has 0 aromatic heterocycles. The van der Waals surface area contributed by atoms with E-state index in [1.807, 2.05) is 48.5 Å². The molecule has 2 aromatic carbocycles. The summed E-state index contributed by atoms with van der Waals surface area (Å²) in [7, 11) is 1.60. The van der Waals surface area contributed by atoms with Crippen molar-refractivity contribution < 1.29 is 9.53 Å². The van der Waals surface area contributed by atoms with E-state index in [2.05, 4.69) is 15.6 Å². The van der Waals surface area contributed by atoms with E-state index < -0.39 is 0 Å².